The normalized spacial score (nSPS) is 10.8. The third-order valence-corrected chi connectivity index (χ3v) is 1.66. The molecule has 0 unspecified atom stereocenters. The number of hydrogen-bond donors (Lipinski definition) is 0. The molecule has 1 rings (SSSR count). The maximum atomic E-state index is 12.9. The summed E-state index contributed by atoms with van der Waals surface area (Å²) in [6, 6.07) is 1.73. The zero-order valence-electron chi connectivity index (χ0n) is 6.87. The Hall–Kier alpha value is -0.990. The van der Waals surface area contributed by atoms with Crippen molar-refractivity contribution >= 4 is 0 Å². The minimum atomic E-state index is -1.08. The standard InChI is InChI=1S/C9H9F3/c1-5(2)8-6(10)3-4-7(11)9(8)12/h3-5H,1-2H3. The lowest BCUT2D eigenvalue weighted by atomic mass is 10.0. The summed E-state index contributed by atoms with van der Waals surface area (Å²) in [5, 5.41) is 0. The summed E-state index contributed by atoms with van der Waals surface area (Å²) in [7, 11) is 0. The molecule has 0 atom stereocenters. The van der Waals surface area contributed by atoms with Gasteiger partial charge in [0, 0.05) is 5.56 Å². The van der Waals surface area contributed by atoms with Gasteiger partial charge in [-0.15, -0.1) is 0 Å². The highest BCUT2D eigenvalue weighted by molar-refractivity contribution is 5.23. The minimum absolute atomic E-state index is 0.185. The van der Waals surface area contributed by atoms with Crippen molar-refractivity contribution in [1.82, 2.24) is 0 Å². The van der Waals surface area contributed by atoms with E-state index < -0.39 is 17.5 Å². The molecule has 0 amide bonds. The second-order valence-corrected chi connectivity index (χ2v) is 2.91. The molecule has 0 saturated heterocycles. The van der Waals surface area contributed by atoms with Gasteiger partial charge >= 0.3 is 0 Å². The van der Waals surface area contributed by atoms with E-state index in [2.05, 4.69) is 0 Å². The summed E-state index contributed by atoms with van der Waals surface area (Å²) < 4.78 is 38.4. The monoisotopic (exact) mass is 174 g/mol. The molecule has 0 aromatic heterocycles. The van der Waals surface area contributed by atoms with Crippen molar-refractivity contribution in [2.24, 2.45) is 0 Å². The molecule has 12 heavy (non-hydrogen) atoms. The molecular formula is C9H9F3. The van der Waals surface area contributed by atoms with E-state index in [9.17, 15) is 13.2 Å². The highest BCUT2D eigenvalue weighted by Crippen LogP contribution is 2.23. The van der Waals surface area contributed by atoms with Gasteiger partial charge in [0.1, 0.15) is 5.82 Å². The molecule has 0 heterocycles. The lowest BCUT2D eigenvalue weighted by Gasteiger charge is -2.08. The van der Waals surface area contributed by atoms with Gasteiger partial charge in [-0.1, -0.05) is 13.8 Å². The molecule has 1 aromatic carbocycles. The molecule has 0 spiro atoms. The van der Waals surface area contributed by atoms with Crippen LogP contribution >= 0.6 is 0 Å². The van der Waals surface area contributed by atoms with E-state index >= 15 is 0 Å². The first kappa shape index (κ1) is 9.10. The van der Waals surface area contributed by atoms with Crippen LogP contribution in [0.5, 0.6) is 0 Å². The Morgan fingerprint density at radius 2 is 1.50 bits per heavy atom. The Morgan fingerprint density at radius 3 is 1.92 bits per heavy atom. The van der Waals surface area contributed by atoms with Gasteiger partial charge in [-0.3, -0.25) is 0 Å². The van der Waals surface area contributed by atoms with Crippen LogP contribution in [0.2, 0.25) is 0 Å². The van der Waals surface area contributed by atoms with Crippen LogP contribution in [0.25, 0.3) is 0 Å². The van der Waals surface area contributed by atoms with Crippen LogP contribution in [0, 0.1) is 17.5 Å². The van der Waals surface area contributed by atoms with Crippen molar-refractivity contribution in [3.63, 3.8) is 0 Å². The van der Waals surface area contributed by atoms with Crippen molar-refractivity contribution in [2.45, 2.75) is 19.8 Å². The van der Waals surface area contributed by atoms with E-state index in [1.165, 1.54) is 0 Å². The maximum Gasteiger partial charge on any atom is 0.165 e. The first-order valence-electron chi connectivity index (χ1n) is 3.67. The predicted molar refractivity (Wildman–Crippen MR) is 40.4 cm³/mol. The van der Waals surface area contributed by atoms with Crippen LogP contribution in [-0.4, -0.2) is 0 Å². The second-order valence-electron chi connectivity index (χ2n) is 2.91. The third-order valence-electron chi connectivity index (χ3n) is 1.66. The minimum Gasteiger partial charge on any atom is -0.207 e. The van der Waals surface area contributed by atoms with Crippen LogP contribution < -0.4 is 0 Å². The Balaban J connectivity index is 3.33. The fourth-order valence-corrected chi connectivity index (χ4v) is 1.07. The van der Waals surface area contributed by atoms with Crippen LogP contribution in [-0.2, 0) is 0 Å². The topological polar surface area (TPSA) is 0 Å². The van der Waals surface area contributed by atoms with Crippen LogP contribution in [0.15, 0.2) is 12.1 Å². The smallest absolute Gasteiger partial charge is 0.165 e. The molecule has 0 aliphatic rings. The van der Waals surface area contributed by atoms with Gasteiger partial charge in [0.05, 0.1) is 0 Å². The van der Waals surface area contributed by atoms with Gasteiger partial charge in [0.15, 0.2) is 11.6 Å². The van der Waals surface area contributed by atoms with Gasteiger partial charge < -0.3 is 0 Å². The summed E-state index contributed by atoms with van der Waals surface area (Å²) >= 11 is 0. The van der Waals surface area contributed by atoms with Crippen molar-refractivity contribution in [2.75, 3.05) is 0 Å². The highest BCUT2D eigenvalue weighted by Gasteiger charge is 2.15. The molecule has 0 bridgehead atoms. The van der Waals surface area contributed by atoms with Crippen molar-refractivity contribution in [3.05, 3.63) is 35.1 Å². The number of benzene rings is 1. The Labute approximate surface area is 69.0 Å². The van der Waals surface area contributed by atoms with Crippen molar-refractivity contribution in [3.8, 4) is 0 Å². The maximum absolute atomic E-state index is 12.9. The summed E-state index contributed by atoms with van der Waals surface area (Å²) in [5.41, 5.74) is -0.185. The fraction of sp³-hybridized carbons (Fsp3) is 0.333. The number of hydrogen-bond acceptors (Lipinski definition) is 0. The molecule has 3 heteroatoms. The molecular weight excluding hydrogens is 165 g/mol. The lowest BCUT2D eigenvalue weighted by molar-refractivity contribution is 0.472. The molecule has 0 aliphatic heterocycles. The number of rotatable bonds is 1. The highest BCUT2D eigenvalue weighted by atomic mass is 19.2. The van der Waals surface area contributed by atoms with Crippen LogP contribution in [0.1, 0.15) is 25.3 Å². The van der Waals surface area contributed by atoms with E-state index in [0.29, 0.717) is 0 Å². The first-order chi connectivity index (χ1) is 5.54. The van der Waals surface area contributed by atoms with E-state index in [1.54, 1.807) is 13.8 Å². The average Bonchev–Trinajstić information content (AvgIpc) is 1.97. The number of halogens is 3. The third kappa shape index (κ3) is 1.44. The molecule has 0 fully saturated rings. The van der Waals surface area contributed by atoms with Crippen LogP contribution in [0.3, 0.4) is 0 Å². The molecule has 0 nitrogen and oxygen atoms in total. The average molecular weight is 174 g/mol. The summed E-state index contributed by atoms with van der Waals surface area (Å²) in [6.07, 6.45) is 0. The molecule has 0 N–H and O–H groups in total. The van der Waals surface area contributed by atoms with E-state index in [1.807, 2.05) is 0 Å². The zero-order valence-corrected chi connectivity index (χ0v) is 6.87. The van der Waals surface area contributed by atoms with Crippen LogP contribution in [0.4, 0.5) is 13.2 Å². The predicted octanol–water partition coefficient (Wildman–Crippen LogP) is 3.23. The van der Waals surface area contributed by atoms with E-state index in [-0.39, 0.29) is 11.5 Å². The SMILES string of the molecule is CC(C)c1c(F)ccc(F)c1F. The Kier molecular flexibility index (Phi) is 2.40. The molecule has 0 aliphatic carbocycles. The molecule has 0 radical (unpaired) electrons. The lowest BCUT2D eigenvalue weighted by Crippen LogP contribution is -2.00. The molecule has 1 aromatic rings. The van der Waals surface area contributed by atoms with Gasteiger partial charge in [-0.2, -0.15) is 0 Å². The fourth-order valence-electron chi connectivity index (χ4n) is 1.07. The van der Waals surface area contributed by atoms with Gasteiger partial charge in [-0.05, 0) is 18.1 Å². The Morgan fingerprint density at radius 1 is 1.00 bits per heavy atom. The van der Waals surface area contributed by atoms with E-state index in [0.717, 1.165) is 12.1 Å². The zero-order chi connectivity index (χ0) is 9.30. The molecule has 66 valence electrons. The van der Waals surface area contributed by atoms with Gasteiger partial charge in [0.25, 0.3) is 0 Å². The largest absolute Gasteiger partial charge is 0.207 e. The molecule has 0 saturated carbocycles. The summed E-state index contributed by atoms with van der Waals surface area (Å²) in [5.74, 6) is -3.12. The van der Waals surface area contributed by atoms with Crippen molar-refractivity contribution < 1.29 is 13.2 Å². The van der Waals surface area contributed by atoms with Crippen molar-refractivity contribution in [1.29, 1.82) is 0 Å². The summed E-state index contributed by atoms with van der Waals surface area (Å²) in [6.45, 7) is 3.22. The van der Waals surface area contributed by atoms with Gasteiger partial charge in [-0.25, -0.2) is 13.2 Å². The van der Waals surface area contributed by atoms with Gasteiger partial charge in [0.2, 0.25) is 0 Å². The first-order valence-corrected chi connectivity index (χ1v) is 3.67. The summed E-state index contributed by atoms with van der Waals surface area (Å²) in [4.78, 5) is 0. The Bertz CT molecular complexity index is 292. The second kappa shape index (κ2) is 3.17. The quantitative estimate of drug-likeness (QED) is 0.573. The van der Waals surface area contributed by atoms with E-state index in [4.69, 9.17) is 0 Å².